The van der Waals surface area contributed by atoms with Crippen molar-refractivity contribution in [2.75, 3.05) is 13.7 Å². The molecule has 1 amide bonds. The van der Waals surface area contributed by atoms with Crippen LogP contribution in [0.15, 0.2) is 54.6 Å². The van der Waals surface area contributed by atoms with Crippen LogP contribution in [0.4, 0.5) is 5.69 Å². The fraction of sp³-hybridized carbons (Fsp3) is 0.143. The average molecular weight is 461 g/mol. The van der Waals surface area contributed by atoms with Crippen LogP contribution in [0.2, 0.25) is 5.02 Å². The van der Waals surface area contributed by atoms with E-state index in [1.807, 2.05) is 0 Å². The molecule has 0 aliphatic rings. The second-order valence-electron chi connectivity index (χ2n) is 6.16. The molecule has 11 heteroatoms. The lowest BCUT2D eigenvalue weighted by atomic mass is 10.0. The molecule has 32 heavy (non-hydrogen) atoms. The van der Waals surface area contributed by atoms with E-state index in [1.165, 1.54) is 6.08 Å². The van der Waals surface area contributed by atoms with Gasteiger partial charge in [0, 0.05) is 28.8 Å². The van der Waals surface area contributed by atoms with E-state index in [-0.39, 0.29) is 11.3 Å². The summed E-state index contributed by atoms with van der Waals surface area (Å²) in [5, 5.41) is 13.4. The zero-order valence-electron chi connectivity index (χ0n) is 16.6. The Bertz CT molecular complexity index is 1050. The first-order valence-corrected chi connectivity index (χ1v) is 9.36. The van der Waals surface area contributed by atoms with Gasteiger partial charge in [-0.25, -0.2) is 4.79 Å². The molecule has 0 heterocycles. The number of rotatable bonds is 9. The molecule has 2 aromatic rings. The molecular formula is C21H17ClN2O8. The molecule has 0 aromatic heterocycles. The minimum absolute atomic E-state index is 0.108. The molecule has 0 spiro atoms. The zero-order valence-corrected chi connectivity index (χ0v) is 17.4. The standard InChI is InChI=1S/C21H17ClN2O8/c1-31-18(26)12-23-21(28)20(19(27)14-5-9-16(10-6-14)24(29)30)32-17(25)11-4-13-2-7-15(22)8-3-13/h2-11,20H,12H2,1H3,(H,23,28)/b11-4+. The second kappa shape index (κ2) is 11.4. The summed E-state index contributed by atoms with van der Waals surface area (Å²) in [4.78, 5) is 58.8. The van der Waals surface area contributed by atoms with Crippen molar-refractivity contribution in [1.82, 2.24) is 5.32 Å². The Kier molecular flexibility index (Phi) is 8.61. The molecule has 0 radical (unpaired) electrons. The molecule has 0 fully saturated rings. The van der Waals surface area contributed by atoms with E-state index in [1.54, 1.807) is 24.3 Å². The van der Waals surface area contributed by atoms with Crippen LogP contribution in [-0.2, 0) is 23.9 Å². The Hall–Kier alpha value is -4.05. The van der Waals surface area contributed by atoms with Gasteiger partial charge in [0.1, 0.15) is 6.54 Å². The number of hydrogen-bond donors (Lipinski definition) is 1. The summed E-state index contributed by atoms with van der Waals surface area (Å²) in [6, 6.07) is 10.9. The topological polar surface area (TPSA) is 142 Å². The number of nitro groups is 1. The van der Waals surface area contributed by atoms with Crippen molar-refractivity contribution < 1.29 is 33.6 Å². The van der Waals surface area contributed by atoms with Crippen molar-refractivity contribution in [3.05, 3.63) is 80.9 Å². The van der Waals surface area contributed by atoms with Gasteiger partial charge in [-0.2, -0.15) is 0 Å². The second-order valence-corrected chi connectivity index (χ2v) is 6.60. The van der Waals surface area contributed by atoms with E-state index in [0.29, 0.717) is 10.6 Å². The highest BCUT2D eigenvalue weighted by atomic mass is 35.5. The smallest absolute Gasteiger partial charge is 0.332 e. The van der Waals surface area contributed by atoms with Crippen molar-refractivity contribution >= 4 is 47.0 Å². The van der Waals surface area contributed by atoms with Gasteiger partial charge in [0.05, 0.1) is 12.0 Å². The molecule has 166 valence electrons. The maximum atomic E-state index is 12.8. The Morgan fingerprint density at radius 1 is 1.09 bits per heavy atom. The molecule has 1 unspecified atom stereocenters. The monoisotopic (exact) mass is 460 g/mol. The number of non-ortho nitro benzene ring substituents is 1. The molecule has 2 aromatic carbocycles. The highest BCUT2D eigenvalue weighted by molar-refractivity contribution is 6.30. The molecule has 0 aliphatic heterocycles. The van der Waals surface area contributed by atoms with Crippen LogP contribution in [0.3, 0.4) is 0 Å². The fourth-order valence-corrected chi connectivity index (χ4v) is 2.47. The molecule has 0 bridgehead atoms. The highest BCUT2D eigenvalue weighted by Gasteiger charge is 2.31. The molecule has 1 N–H and O–H groups in total. The number of amides is 1. The molecule has 2 rings (SSSR count). The summed E-state index contributed by atoms with van der Waals surface area (Å²) in [6.07, 6.45) is 0.453. The number of ether oxygens (including phenoxy) is 2. The molecule has 10 nitrogen and oxygen atoms in total. The van der Waals surface area contributed by atoms with Gasteiger partial charge in [0.25, 0.3) is 11.6 Å². The Morgan fingerprint density at radius 3 is 2.28 bits per heavy atom. The van der Waals surface area contributed by atoms with Gasteiger partial charge in [0.15, 0.2) is 0 Å². The number of methoxy groups -OCH3 is 1. The number of hydrogen-bond acceptors (Lipinski definition) is 8. The van der Waals surface area contributed by atoms with Crippen LogP contribution in [0.5, 0.6) is 0 Å². The quantitative estimate of drug-likeness (QED) is 0.150. The fourth-order valence-electron chi connectivity index (χ4n) is 2.34. The lowest BCUT2D eigenvalue weighted by Crippen LogP contribution is -2.44. The number of Topliss-reactive ketones (excluding diaryl/α,β-unsaturated/α-hetero) is 1. The first kappa shape index (κ1) is 24.2. The molecular weight excluding hydrogens is 444 g/mol. The van der Waals surface area contributed by atoms with Gasteiger partial charge in [-0.15, -0.1) is 0 Å². The van der Waals surface area contributed by atoms with Crippen LogP contribution in [0.1, 0.15) is 15.9 Å². The van der Waals surface area contributed by atoms with Crippen molar-refractivity contribution in [1.29, 1.82) is 0 Å². The number of benzene rings is 2. The van der Waals surface area contributed by atoms with E-state index in [2.05, 4.69) is 10.1 Å². The molecule has 1 atom stereocenters. The van der Waals surface area contributed by atoms with E-state index in [0.717, 1.165) is 37.5 Å². The van der Waals surface area contributed by atoms with Crippen molar-refractivity contribution in [3.63, 3.8) is 0 Å². The van der Waals surface area contributed by atoms with Crippen molar-refractivity contribution in [2.45, 2.75) is 6.10 Å². The minimum Gasteiger partial charge on any atom is -0.468 e. The van der Waals surface area contributed by atoms with Crippen LogP contribution in [-0.4, -0.2) is 48.3 Å². The summed E-state index contributed by atoms with van der Waals surface area (Å²) >= 11 is 5.79. The number of nitrogens with zero attached hydrogens (tertiary/aromatic N) is 1. The van der Waals surface area contributed by atoms with Gasteiger partial charge in [-0.1, -0.05) is 23.7 Å². The summed E-state index contributed by atoms with van der Waals surface area (Å²) in [7, 11) is 1.11. The number of halogens is 1. The van der Waals surface area contributed by atoms with Crippen LogP contribution >= 0.6 is 11.6 Å². The SMILES string of the molecule is COC(=O)CNC(=O)C(OC(=O)/C=C/c1ccc(Cl)cc1)C(=O)c1ccc([N+](=O)[O-])cc1. The van der Waals surface area contributed by atoms with E-state index >= 15 is 0 Å². The number of carbonyl (C=O) groups is 4. The Balaban J connectivity index is 2.20. The summed E-state index contributed by atoms with van der Waals surface area (Å²) in [5.41, 5.74) is 0.235. The van der Waals surface area contributed by atoms with E-state index in [4.69, 9.17) is 16.3 Å². The third kappa shape index (κ3) is 7.03. The number of esters is 2. The maximum Gasteiger partial charge on any atom is 0.332 e. The van der Waals surface area contributed by atoms with E-state index < -0.39 is 41.2 Å². The first-order chi connectivity index (χ1) is 15.2. The zero-order chi connectivity index (χ0) is 23.7. The summed E-state index contributed by atoms with van der Waals surface area (Å²) in [6.45, 7) is -0.558. The summed E-state index contributed by atoms with van der Waals surface area (Å²) in [5.74, 6) is -3.79. The Labute approximate surface area is 186 Å². The molecule has 0 saturated carbocycles. The normalized spacial score (nSPS) is 11.4. The Morgan fingerprint density at radius 2 is 1.72 bits per heavy atom. The lowest BCUT2D eigenvalue weighted by molar-refractivity contribution is -0.384. The van der Waals surface area contributed by atoms with Crippen LogP contribution in [0, 0.1) is 10.1 Å². The predicted molar refractivity (Wildman–Crippen MR) is 113 cm³/mol. The van der Waals surface area contributed by atoms with Crippen molar-refractivity contribution in [2.24, 2.45) is 0 Å². The van der Waals surface area contributed by atoms with Gasteiger partial charge in [-0.05, 0) is 35.9 Å². The van der Waals surface area contributed by atoms with Gasteiger partial charge in [0.2, 0.25) is 11.9 Å². The van der Waals surface area contributed by atoms with Crippen LogP contribution < -0.4 is 5.32 Å². The third-order valence-corrected chi connectivity index (χ3v) is 4.24. The first-order valence-electron chi connectivity index (χ1n) is 8.98. The third-order valence-electron chi connectivity index (χ3n) is 3.99. The minimum atomic E-state index is -1.94. The number of ketones is 1. The summed E-state index contributed by atoms with van der Waals surface area (Å²) < 4.78 is 9.43. The van der Waals surface area contributed by atoms with E-state index in [9.17, 15) is 29.3 Å². The van der Waals surface area contributed by atoms with Gasteiger partial charge < -0.3 is 14.8 Å². The van der Waals surface area contributed by atoms with Crippen LogP contribution in [0.25, 0.3) is 6.08 Å². The van der Waals surface area contributed by atoms with Gasteiger partial charge in [-0.3, -0.25) is 24.5 Å². The number of nitro benzene ring substituents is 1. The highest BCUT2D eigenvalue weighted by Crippen LogP contribution is 2.15. The maximum absolute atomic E-state index is 12.8. The average Bonchev–Trinajstić information content (AvgIpc) is 2.79. The molecule has 0 saturated heterocycles. The number of nitrogens with one attached hydrogen (secondary N) is 1. The van der Waals surface area contributed by atoms with Crippen molar-refractivity contribution in [3.8, 4) is 0 Å². The lowest BCUT2D eigenvalue weighted by Gasteiger charge is -2.15. The predicted octanol–water partition coefficient (Wildman–Crippen LogP) is 2.35. The van der Waals surface area contributed by atoms with Gasteiger partial charge >= 0.3 is 11.9 Å². The largest absolute Gasteiger partial charge is 0.468 e. The number of carbonyl (C=O) groups excluding carboxylic acids is 4. The molecule has 0 aliphatic carbocycles.